The number of carbonyl (C=O) groups excluding carboxylic acids is 1. The lowest BCUT2D eigenvalue weighted by Crippen LogP contribution is -2.23. The lowest BCUT2D eigenvalue weighted by molar-refractivity contribution is 0.0949. The Morgan fingerprint density at radius 1 is 1.29 bits per heavy atom. The summed E-state index contributed by atoms with van der Waals surface area (Å²) in [6, 6.07) is 4.40. The highest BCUT2D eigenvalue weighted by Gasteiger charge is 2.18. The first kappa shape index (κ1) is 15.3. The highest BCUT2D eigenvalue weighted by molar-refractivity contribution is 5.96. The van der Waals surface area contributed by atoms with Crippen molar-refractivity contribution in [1.82, 2.24) is 5.32 Å². The summed E-state index contributed by atoms with van der Waals surface area (Å²) in [4.78, 5) is 12.2. The molecule has 2 aromatic rings. The van der Waals surface area contributed by atoms with Crippen LogP contribution in [0.15, 0.2) is 22.6 Å². The Morgan fingerprint density at radius 2 is 2.00 bits per heavy atom. The Hall–Kier alpha value is -2.14. The number of benzene rings is 1. The molecule has 0 aliphatic rings. The Balaban J connectivity index is 2.11. The summed E-state index contributed by atoms with van der Waals surface area (Å²) in [6.07, 6.45) is 0. The average molecular weight is 291 g/mol. The number of nitrogens with one attached hydrogen (secondary N) is 1. The molecule has 0 saturated carbocycles. The van der Waals surface area contributed by atoms with E-state index in [0.717, 1.165) is 16.9 Å². The van der Waals surface area contributed by atoms with Crippen LogP contribution in [0.5, 0.6) is 0 Å². The topological polar surface area (TPSA) is 62.5 Å². The number of carbonyl (C=O) groups is 1. The van der Waals surface area contributed by atoms with E-state index < -0.39 is 5.82 Å². The normalized spacial score (nSPS) is 10.7. The molecule has 0 saturated heterocycles. The second kappa shape index (κ2) is 6.10. The van der Waals surface area contributed by atoms with Crippen molar-refractivity contribution < 1.29 is 18.7 Å². The van der Waals surface area contributed by atoms with E-state index in [1.807, 2.05) is 13.8 Å². The van der Waals surface area contributed by atoms with E-state index in [-0.39, 0.29) is 24.6 Å². The molecule has 0 atom stereocenters. The highest BCUT2D eigenvalue weighted by Crippen LogP contribution is 2.20. The summed E-state index contributed by atoms with van der Waals surface area (Å²) in [5.74, 6) is 0.626. The molecule has 1 aromatic carbocycles. The van der Waals surface area contributed by atoms with Gasteiger partial charge in [0.2, 0.25) is 0 Å². The minimum Gasteiger partial charge on any atom is -0.466 e. The van der Waals surface area contributed by atoms with Crippen LogP contribution in [0.4, 0.5) is 4.39 Å². The summed E-state index contributed by atoms with van der Waals surface area (Å²) in [7, 11) is 0. The zero-order valence-corrected chi connectivity index (χ0v) is 12.3. The molecular weight excluding hydrogens is 273 g/mol. The van der Waals surface area contributed by atoms with Gasteiger partial charge in [-0.25, -0.2) is 4.39 Å². The first-order chi connectivity index (χ1) is 9.93. The predicted octanol–water partition coefficient (Wildman–Crippen LogP) is 2.77. The SMILES string of the molecule is Cc1oc(C)c(C(=O)NCc2ccc(F)c(CO)c2)c1C. The van der Waals surface area contributed by atoms with Crippen molar-refractivity contribution >= 4 is 5.91 Å². The molecule has 1 aromatic heterocycles. The van der Waals surface area contributed by atoms with E-state index in [9.17, 15) is 9.18 Å². The van der Waals surface area contributed by atoms with Crippen molar-refractivity contribution in [2.24, 2.45) is 0 Å². The molecule has 2 rings (SSSR count). The summed E-state index contributed by atoms with van der Waals surface area (Å²) in [5.41, 5.74) is 2.30. The van der Waals surface area contributed by atoms with Crippen LogP contribution in [0, 0.1) is 26.6 Å². The van der Waals surface area contributed by atoms with Crippen LogP contribution in [-0.2, 0) is 13.2 Å². The lowest BCUT2D eigenvalue weighted by atomic mass is 10.1. The maximum atomic E-state index is 13.3. The molecule has 4 nitrogen and oxygen atoms in total. The van der Waals surface area contributed by atoms with Crippen LogP contribution >= 0.6 is 0 Å². The summed E-state index contributed by atoms with van der Waals surface area (Å²) in [6.45, 7) is 5.29. The molecule has 0 aliphatic heterocycles. The molecule has 1 amide bonds. The number of halogens is 1. The maximum absolute atomic E-state index is 13.3. The zero-order valence-electron chi connectivity index (χ0n) is 12.3. The van der Waals surface area contributed by atoms with Crippen molar-refractivity contribution in [2.75, 3.05) is 0 Å². The van der Waals surface area contributed by atoms with Crippen LogP contribution < -0.4 is 5.32 Å². The Bertz CT molecular complexity index is 676. The van der Waals surface area contributed by atoms with Gasteiger partial charge < -0.3 is 14.8 Å². The minimum atomic E-state index is -0.454. The Morgan fingerprint density at radius 3 is 2.57 bits per heavy atom. The van der Waals surface area contributed by atoms with E-state index in [1.54, 1.807) is 13.0 Å². The molecule has 0 bridgehead atoms. The van der Waals surface area contributed by atoms with Crippen LogP contribution in [-0.4, -0.2) is 11.0 Å². The van der Waals surface area contributed by atoms with Crippen LogP contribution in [0.2, 0.25) is 0 Å². The zero-order chi connectivity index (χ0) is 15.6. The fraction of sp³-hybridized carbons (Fsp3) is 0.312. The monoisotopic (exact) mass is 291 g/mol. The summed E-state index contributed by atoms with van der Waals surface area (Å²) < 4.78 is 18.7. The van der Waals surface area contributed by atoms with Gasteiger partial charge in [-0.2, -0.15) is 0 Å². The predicted molar refractivity (Wildman–Crippen MR) is 76.4 cm³/mol. The van der Waals surface area contributed by atoms with Gasteiger partial charge in [-0.15, -0.1) is 0 Å². The quantitative estimate of drug-likeness (QED) is 0.910. The maximum Gasteiger partial charge on any atom is 0.255 e. The third kappa shape index (κ3) is 3.13. The Labute approximate surface area is 122 Å². The van der Waals surface area contributed by atoms with E-state index in [0.29, 0.717) is 11.3 Å². The Kier molecular flexibility index (Phi) is 4.43. The van der Waals surface area contributed by atoms with Gasteiger partial charge in [0.05, 0.1) is 12.2 Å². The number of aliphatic hydroxyl groups excluding tert-OH is 1. The van der Waals surface area contributed by atoms with E-state index in [2.05, 4.69) is 5.32 Å². The van der Waals surface area contributed by atoms with Gasteiger partial charge >= 0.3 is 0 Å². The van der Waals surface area contributed by atoms with Gasteiger partial charge in [0.15, 0.2) is 0 Å². The van der Waals surface area contributed by atoms with Gasteiger partial charge in [-0.1, -0.05) is 6.07 Å². The second-order valence-electron chi connectivity index (χ2n) is 4.98. The third-order valence-electron chi connectivity index (χ3n) is 3.52. The largest absolute Gasteiger partial charge is 0.466 e. The second-order valence-corrected chi connectivity index (χ2v) is 4.98. The molecule has 2 N–H and O–H groups in total. The van der Waals surface area contributed by atoms with Gasteiger partial charge in [0, 0.05) is 17.7 Å². The number of rotatable bonds is 4. The number of hydrogen-bond acceptors (Lipinski definition) is 3. The van der Waals surface area contributed by atoms with E-state index >= 15 is 0 Å². The van der Waals surface area contributed by atoms with E-state index in [1.165, 1.54) is 12.1 Å². The number of aryl methyl sites for hydroxylation is 2. The highest BCUT2D eigenvalue weighted by atomic mass is 19.1. The van der Waals surface area contributed by atoms with Gasteiger partial charge in [-0.3, -0.25) is 4.79 Å². The summed E-state index contributed by atoms with van der Waals surface area (Å²) >= 11 is 0. The molecule has 0 radical (unpaired) electrons. The van der Waals surface area contributed by atoms with Crippen LogP contribution in [0.25, 0.3) is 0 Å². The lowest BCUT2D eigenvalue weighted by Gasteiger charge is -2.07. The van der Waals surface area contributed by atoms with Crippen molar-refractivity contribution in [2.45, 2.75) is 33.9 Å². The van der Waals surface area contributed by atoms with Crippen LogP contribution in [0.1, 0.15) is 38.6 Å². The molecule has 0 aliphatic carbocycles. The molecular formula is C16H18FNO3. The van der Waals surface area contributed by atoms with Gasteiger partial charge in [0.25, 0.3) is 5.91 Å². The van der Waals surface area contributed by atoms with Crippen molar-refractivity contribution in [3.8, 4) is 0 Å². The molecule has 5 heteroatoms. The molecule has 112 valence electrons. The van der Waals surface area contributed by atoms with Crippen molar-refractivity contribution in [3.63, 3.8) is 0 Å². The van der Waals surface area contributed by atoms with Crippen LogP contribution in [0.3, 0.4) is 0 Å². The molecule has 21 heavy (non-hydrogen) atoms. The van der Waals surface area contributed by atoms with Crippen molar-refractivity contribution in [1.29, 1.82) is 0 Å². The van der Waals surface area contributed by atoms with E-state index in [4.69, 9.17) is 9.52 Å². The standard InChI is InChI=1S/C16H18FNO3/c1-9-10(2)21-11(3)15(9)16(20)18-7-12-4-5-14(17)13(6-12)8-19/h4-6,19H,7-8H2,1-3H3,(H,18,20). The molecule has 1 heterocycles. The fourth-order valence-electron chi connectivity index (χ4n) is 2.26. The van der Waals surface area contributed by atoms with Gasteiger partial charge in [-0.05, 0) is 38.5 Å². The van der Waals surface area contributed by atoms with Gasteiger partial charge in [0.1, 0.15) is 17.3 Å². The average Bonchev–Trinajstić information content (AvgIpc) is 2.71. The fourth-order valence-corrected chi connectivity index (χ4v) is 2.26. The number of amides is 1. The first-order valence-corrected chi connectivity index (χ1v) is 6.67. The minimum absolute atomic E-state index is 0.216. The third-order valence-corrected chi connectivity index (χ3v) is 3.52. The summed E-state index contributed by atoms with van der Waals surface area (Å²) in [5, 5.41) is 11.8. The number of hydrogen-bond donors (Lipinski definition) is 2. The molecule has 0 fully saturated rings. The van der Waals surface area contributed by atoms with Crippen molar-refractivity contribution in [3.05, 3.63) is 57.8 Å². The first-order valence-electron chi connectivity index (χ1n) is 6.67. The number of furan rings is 1. The number of aliphatic hydroxyl groups is 1. The molecule has 0 spiro atoms. The smallest absolute Gasteiger partial charge is 0.255 e. The molecule has 0 unspecified atom stereocenters.